The quantitative estimate of drug-likeness (QED) is 0.736. The van der Waals surface area contributed by atoms with E-state index in [1.165, 1.54) is 0 Å². The van der Waals surface area contributed by atoms with E-state index in [9.17, 15) is 8.42 Å². The third kappa shape index (κ3) is 3.13. The second-order valence-electron chi connectivity index (χ2n) is 8.72. The Morgan fingerprint density at radius 1 is 1.08 bits per heavy atom. The molecule has 3 aliphatic rings. The summed E-state index contributed by atoms with van der Waals surface area (Å²) in [4.78, 5) is 0. The Bertz CT molecular complexity index is 764. The number of hydrogen-bond donors (Lipinski definition) is 0. The van der Waals surface area contributed by atoms with Gasteiger partial charge in [0.25, 0.3) is 0 Å². The van der Waals surface area contributed by atoms with Gasteiger partial charge < -0.3 is 9.31 Å². The minimum atomic E-state index is -3.06. The first-order valence-electron chi connectivity index (χ1n) is 9.49. The third-order valence-corrected chi connectivity index (χ3v) is 8.65. The molecule has 1 aromatic rings. The molecule has 0 amide bonds. The maximum atomic E-state index is 12.4. The minimum absolute atomic E-state index is 0.126. The van der Waals surface area contributed by atoms with Crippen molar-refractivity contribution in [3.63, 3.8) is 0 Å². The van der Waals surface area contributed by atoms with Gasteiger partial charge in [0.05, 0.1) is 22.5 Å². The molecule has 0 spiro atoms. The van der Waals surface area contributed by atoms with Crippen molar-refractivity contribution in [2.24, 2.45) is 0 Å². The van der Waals surface area contributed by atoms with Crippen LogP contribution in [-0.4, -0.2) is 59.2 Å². The molecule has 0 radical (unpaired) electrons. The summed E-state index contributed by atoms with van der Waals surface area (Å²) in [6, 6.07) is 0.219. The fraction of sp³-hybridized carbons (Fsp3) is 0.824. The van der Waals surface area contributed by atoms with Crippen LogP contribution in [0.4, 0.5) is 0 Å². The molecule has 1 aliphatic carbocycles. The van der Waals surface area contributed by atoms with Gasteiger partial charge in [0.15, 0.2) is 0 Å². The molecule has 0 atom stereocenters. The molecular formula is C17H28BN3O4S. The highest BCUT2D eigenvalue weighted by atomic mass is 32.2. The predicted octanol–water partition coefficient (Wildman–Crippen LogP) is 1.31. The molecule has 0 unspecified atom stereocenters. The Balaban J connectivity index is 1.40. The number of rotatable bonds is 4. The van der Waals surface area contributed by atoms with Crippen LogP contribution in [0.15, 0.2) is 12.4 Å². The molecule has 144 valence electrons. The predicted molar refractivity (Wildman–Crippen MR) is 99.7 cm³/mol. The number of aromatic nitrogens is 2. The summed E-state index contributed by atoms with van der Waals surface area (Å²) in [6.07, 6.45) is 7.00. The van der Waals surface area contributed by atoms with Crippen LogP contribution < -0.4 is 5.46 Å². The summed E-state index contributed by atoms with van der Waals surface area (Å²) in [5, 5.41) is 4.38. The van der Waals surface area contributed by atoms with E-state index in [1.54, 1.807) is 10.5 Å². The zero-order valence-corrected chi connectivity index (χ0v) is 16.8. The van der Waals surface area contributed by atoms with Gasteiger partial charge in [-0.1, -0.05) is 0 Å². The molecule has 2 aliphatic heterocycles. The van der Waals surface area contributed by atoms with Crippen LogP contribution in [0.1, 0.15) is 59.4 Å². The van der Waals surface area contributed by atoms with E-state index in [2.05, 4.69) is 5.10 Å². The summed E-state index contributed by atoms with van der Waals surface area (Å²) in [5.41, 5.74) is 0.168. The van der Waals surface area contributed by atoms with Gasteiger partial charge in [-0.3, -0.25) is 4.68 Å². The molecular weight excluding hydrogens is 353 g/mol. The van der Waals surface area contributed by atoms with Gasteiger partial charge in [-0.05, 0) is 53.4 Å². The zero-order valence-electron chi connectivity index (χ0n) is 16.0. The smallest absolute Gasteiger partial charge is 0.399 e. The van der Waals surface area contributed by atoms with Gasteiger partial charge in [0.1, 0.15) is 0 Å². The van der Waals surface area contributed by atoms with Crippen LogP contribution in [0.5, 0.6) is 0 Å². The van der Waals surface area contributed by atoms with Crippen molar-refractivity contribution in [1.29, 1.82) is 0 Å². The van der Waals surface area contributed by atoms with Crippen molar-refractivity contribution < 1.29 is 17.7 Å². The average Bonchev–Trinajstić information content (AvgIpc) is 3.27. The van der Waals surface area contributed by atoms with Crippen molar-refractivity contribution in [3.8, 4) is 0 Å². The number of nitrogens with zero attached hydrogens (tertiary/aromatic N) is 3. The Hall–Kier alpha value is -0.895. The molecule has 3 heterocycles. The van der Waals surface area contributed by atoms with Crippen LogP contribution in [0.3, 0.4) is 0 Å². The van der Waals surface area contributed by atoms with E-state index in [0.717, 1.165) is 31.1 Å². The van der Waals surface area contributed by atoms with Crippen LogP contribution in [0.25, 0.3) is 0 Å². The highest BCUT2D eigenvalue weighted by Gasteiger charge is 2.52. The monoisotopic (exact) mass is 381 g/mol. The van der Waals surface area contributed by atoms with Gasteiger partial charge in [-0.25, -0.2) is 12.7 Å². The minimum Gasteiger partial charge on any atom is -0.399 e. The lowest BCUT2D eigenvalue weighted by Gasteiger charge is -2.32. The second kappa shape index (κ2) is 6.05. The largest absolute Gasteiger partial charge is 0.498 e. The highest BCUT2D eigenvalue weighted by Crippen LogP contribution is 2.37. The fourth-order valence-electron chi connectivity index (χ4n) is 3.59. The standard InChI is InChI=1S/C17H28BN3O4S/c1-16(2)17(3,4)25-18(24-16)13-11-19-21(12-13)14-7-9-20(10-8-14)26(22,23)15-5-6-15/h11-12,14-15H,5-10H2,1-4H3. The average molecular weight is 381 g/mol. The maximum absolute atomic E-state index is 12.4. The summed E-state index contributed by atoms with van der Waals surface area (Å²) in [7, 11) is -3.48. The van der Waals surface area contributed by atoms with Crippen LogP contribution in [0, 0.1) is 0 Å². The summed E-state index contributed by atoms with van der Waals surface area (Å²) < 4.78 is 40.5. The molecule has 9 heteroatoms. The number of sulfonamides is 1. The van der Waals surface area contributed by atoms with Gasteiger partial charge in [-0.2, -0.15) is 5.10 Å². The van der Waals surface area contributed by atoms with Crippen molar-refractivity contribution in [2.45, 2.75) is 75.9 Å². The number of hydrogen-bond acceptors (Lipinski definition) is 5. The molecule has 0 bridgehead atoms. The van der Waals surface area contributed by atoms with Crippen molar-refractivity contribution in [3.05, 3.63) is 12.4 Å². The summed E-state index contributed by atoms with van der Waals surface area (Å²) in [5.74, 6) is 0. The maximum Gasteiger partial charge on any atom is 0.498 e. The van der Waals surface area contributed by atoms with E-state index < -0.39 is 17.1 Å². The van der Waals surface area contributed by atoms with Gasteiger partial charge in [0.2, 0.25) is 10.0 Å². The van der Waals surface area contributed by atoms with Crippen LogP contribution >= 0.6 is 0 Å². The van der Waals surface area contributed by atoms with Gasteiger partial charge in [-0.15, -0.1) is 0 Å². The second-order valence-corrected chi connectivity index (χ2v) is 10.9. The Morgan fingerprint density at radius 2 is 1.65 bits per heavy atom. The highest BCUT2D eigenvalue weighted by molar-refractivity contribution is 7.90. The first-order chi connectivity index (χ1) is 12.1. The molecule has 1 saturated carbocycles. The first kappa shape index (κ1) is 18.5. The van der Waals surface area contributed by atoms with Crippen molar-refractivity contribution >= 4 is 22.6 Å². The topological polar surface area (TPSA) is 73.7 Å². The molecule has 0 aromatic carbocycles. The van der Waals surface area contributed by atoms with Gasteiger partial charge >= 0.3 is 7.12 Å². The van der Waals surface area contributed by atoms with Crippen LogP contribution in [-0.2, 0) is 19.3 Å². The Labute approximate surface area is 156 Å². The lowest BCUT2D eigenvalue weighted by atomic mass is 9.82. The number of piperidine rings is 1. The lowest BCUT2D eigenvalue weighted by Crippen LogP contribution is -2.41. The zero-order chi connectivity index (χ0) is 18.7. The molecule has 0 N–H and O–H groups in total. The van der Waals surface area contributed by atoms with Gasteiger partial charge in [0, 0.05) is 30.9 Å². The normalized spacial score (nSPS) is 27.2. The van der Waals surface area contributed by atoms with E-state index in [0.29, 0.717) is 13.1 Å². The van der Waals surface area contributed by atoms with E-state index in [1.807, 2.05) is 38.6 Å². The molecule has 4 rings (SSSR count). The summed E-state index contributed by atoms with van der Waals surface area (Å²) >= 11 is 0. The molecule has 3 fully saturated rings. The molecule has 26 heavy (non-hydrogen) atoms. The van der Waals surface area contributed by atoms with E-state index >= 15 is 0 Å². The lowest BCUT2D eigenvalue weighted by molar-refractivity contribution is 0.00578. The molecule has 2 saturated heterocycles. The Kier molecular flexibility index (Phi) is 4.30. The van der Waals surface area contributed by atoms with E-state index in [-0.39, 0.29) is 22.5 Å². The SMILES string of the molecule is CC1(C)OB(c2cnn(C3CCN(S(=O)(=O)C4CC4)CC3)c2)OC1(C)C. The summed E-state index contributed by atoms with van der Waals surface area (Å²) in [6.45, 7) is 9.30. The fourth-order valence-corrected chi connectivity index (χ4v) is 5.46. The first-order valence-corrected chi connectivity index (χ1v) is 11.0. The third-order valence-electron chi connectivity index (χ3n) is 6.25. The van der Waals surface area contributed by atoms with E-state index in [4.69, 9.17) is 9.31 Å². The molecule has 1 aromatic heterocycles. The van der Waals surface area contributed by atoms with Crippen LogP contribution in [0.2, 0.25) is 0 Å². The Morgan fingerprint density at radius 3 is 2.19 bits per heavy atom. The van der Waals surface area contributed by atoms with Crippen molar-refractivity contribution in [1.82, 2.24) is 14.1 Å². The van der Waals surface area contributed by atoms with Crippen molar-refractivity contribution in [2.75, 3.05) is 13.1 Å². The molecule has 7 nitrogen and oxygen atoms in total.